The summed E-state index contributed by atoms with van der Waals surface area (Å²) in [4.78, 5) is 4.67. The average molecular weight is 355 g/mol. The van der Waals surface area contributed by atoms with Crippen LogP contribution in [-0.2, 0) is 0 Å². The summed E-state index contributed by atoms with van der Waals surface area (Å²) in [6.45, 7) is 2.50. The molecule has 1 aliphatic heterocycles. The highest BCUT2D eigenvalue weighted by Gasteiger charge is 2.20. The number of aliphatic hydroxyl groups excluding tert-OH is 1. The van der Waals surface area contributed by atoms with E-state index in [1.165, 1.54) is 5.56 Å². The van der Waals surface area contributed by atoms with Gasteiger partial charge >= 0.3 is 0 Å². The van der Waals surface area contributed by atoms with Gasteiger partial charge in [0.05, 0.1) is 31.7 Å². The number of rotatable bonds is 5. The Balaban J connectivity index is 1.85. The summed E-state index contributed by atoms with van der Waals surface area (Å²) < 4.78 is 5.17. The van der Waals surface area contributed by atoms with E-state index in [4.69, 9.17) is 9.84 Å². The molecular weight excluding hydrogens is 334 g/mol. The molecule has 2 aromatic rings. The molecule has 0 unspecified atom stereocenters. The zero-order chi connectivity index (χ0) is 17.6. The van der Waals surface area contributed by atoms with Crippen LogP contribution in [0.25, 0.3) is 0 Å². The van der Waals surface area contributed by atoms with Gasteiger partial charge in [0.1, 0.15) is 5.75 Å². The van der Waals surface area contributed by atoms with Gasteiger partial charge in [0.15, 0.2) is 5.17 Å². The van der Waals surface area contributed by atoms with Crippen molar-refractivity contribution in [2.24, 2.45) is 10.1 Å². The minimum atomic E-state index is 0.0207. The lowest BCUT2D eigenvalue weighted by Gasteiger charge is -2.25. The number of methoxy groups -OCH3 is 1. The molecule has 0 atom stereocenters. The third-order valence-corrected chi connectivity index (χ3v) is 4.77. The molecule has 0 saturated heterocycles. The number of ether oxygens (including phenoxy) is 1. The number of aliphatic hydroxyl groups is 1. The van der Waals surface area contributed by atoms with Crippen LogP contribution in [0.4, 0.5) is 5.69 Å². The smallest absolute Gasteiger partial charge is 0.185 e. The SMILES string of the molecule is COc1ccc(N=C2SCC(c3ccc(C)cc3)=NN2CCO)cc1. The summed E-state index contributed by atoms with van der Waals surface area (Å²) in [7, 11) is 1.64. The van der Waals surface area contributed by atoms with Gasteiger partial charge in [0.25, 0.3) is 0 Å². The number of hydrazone groups is 1. The zero-order valence-electron chi connectivity index (χ0n) is 14.3. The number of amidine groups is 1. The van der Waals surface area contributed by atoms with E-state index < -0.39 is 0 Å². The van der Waals surface area contributed by atoms with Crippen molar-refractivity contribution in [3.05, 3.63) is 59.7 Å². The molecule has 0 amide bonds. The second-order valence-electron chi connectivity index (χ2n) is 5.64. The zero-order valence-corrected chi connectivity index (χ0v) is 15.2. The standard InChI is InChI=1S/C19H21N3O2S/c1-14-3-5-15(6-4-14)18-13-25-19(22(21-18)11-12-23)20-16-7-9-17(24-2)10-8-16/h3-10,23H,11-13H2,1-2H3. The highest BCUT2D eigenvalue weighted by atomic mass is 32.2. The third-order valence-electron chi connectivity index (χ3n) is 3.79. The number of hydrogen-bond donors (Lipinski definition) is 1. The maximum atomic E-state index is 9.37. The largest absolute Gasteiger partial charge is 0.497 e. The van der Waals surface area contributed by atoms with Gasteiger partial charge in [0.2, 0.25) is 0 Å². The van der Waals surface area contributed by atoms with Crippen LogP contribution in [0.3, 0.4) is 0 Å². The Kier molecular flexibility index (Phi) is 5.73. The van der Waals surface area contributed by atoms with E-state index in [1.54, 1.807) is 23.9 Å². The molecule has 130 valence electrons. The summed E-state index contributed by atoms with van der Waals surface area (Å²) in [5.74, 6) is 1.55. The molecule has 6 heteroatoms. The van der Waals surface area contributed by atoms with Gasteiger partial charge < -0.3 is 9.84 Å². The lowest BCUT2D eigenvalue weighted by atomic mass is 10.1. The molecule has 25 heavy (non-hydrogen) atoms. The van der Waals surface area contributed by atoms with E-state index >= 15 is 0 Å². The summed E-state index contributed by atoms with van der Waals surface area (Å²) in [6, 6.07) is 15.9. The van der Waals surface area contributed by atoms with E-state index in [0.717, 1.165) is 33.6 Å². The summed E-state index contributed by atoms with van der Waals surface area (Å²) in [5.41, 5.74) is 4.15. The number of thioether (sulfide) groups is 1. The molecule has 0 saturated carbocycles. The maximum absolute atomic E-state index is 9.37. The minimum absolute atomic E-state index is 0.0207. The van der Waals surface area contributed by atoms with Crippen LogP contribution in [0.1, 0.15) is 11.1 Å². The minimum Gasteiger partial charge on any atom is -0.497 e. The van der Waals surface area contributed by atoms with Crippen molar-refractivity contribution >= 4 is 28.3 Å². The monoisotopic (exact) mass is 355 g/mol. The predicted octanol–water partition coefficient (Wildman–Crippen LogP) is 3.44. The van der Waals surface area contributed by atoms with E-state index in [0.29, 0.717) is 6.54 Å². The van der Waals surface area contributed by atoms with Crippen LogP contribution in [0, 0.1) is 6.92 Å². The van der Waals surface area contributed by atoms with Crippen molar-refractivity contribution in [3.63, 3.8) is 0 Å². The molecule has 0 radical (unpaired) electrons. The molecule has 1 aliphatic rings. The Morgan fingerprint density at radius 1 is 1.16 bits per heavy atom. The molecule has 0 aromatic heterocycles. The molecule has 3 rings (SSSR count). The maximum Gasteiger partial charge on any atom is 0.185 e. The third kappa shape index (κ3) is 4.41. The van der Waals surface area contributed by atoms with Crippen molar-refractivity contribution < 1.29 is 9.84 Å². The predicted molar refractivity (Wildman–Crippen MR) is 104 cm³/mol. The van der Waals surface area contributed by atoms with Crippen molar-refractivity contribution in [1.29, 1.82) is 0 Å². The number of aliphatic imine (C=N–C) groups is 1. The Bertz CT molecular complexity index is 770. The van der Waals surface area contributed by atoms with E-state index in [9.17, 15) is 5.11 Å². The molecule has 0 fully saturated rings. The molecule has 0 bridgehead atoms. The van der Waals surface area contributed by atoms with Gasteiger partial charge in [-0.3, -0.25) is 0 Å². The Morgan fingerprint density at radius 3 is 2.52 bits per heavy atom. The number of aryl methyl sites for hydroxylation is 1. The topological polar surface area (TPSA) is 57.4 Å². The quantitative estimate of drug-likeness (QED) is 0.893. The first-order valence-corrected chi connectivity index (χ1v) is 9.06. The van der Waals surface area contributed by atoms with Crippen LogP contribution >= 0.6 is 11.8 Å². The second kappa shape index (κ2) is 8.18. The van der Waals surface area contributed by atoms with Gasteiger partial charge in [-0.1, -0.05) is 41.6 Å². The normalized spacial score (nSPS) is 16.0. The fraction of sp³-hybridized carbons (Fsp3) is 0.263. The number of hydrogen-bond acceptors (Lipinski definition) is 5. The van der Waals surface area contributed by atoms with Crippen LogP contribution in [0.2, 0.25) is 0 Å². The first-order chi connectivity index (χ1) is 12.2. The van der Waals surface area contributed by atoms with Crippen molar-refractivity contribution in [3.8, 4) is 5.75 Å². The number of β-amino-alcohol motifs (C(OH)–C–C–N with tert-alkyl or cyclic N) is 1. The summed E-state index contributed by atoms with van der Waals surface area (Å²) >= 11 is 1.63. The summed E-state index contributed by atoms with van der Waals surface area (Å²) in [6.07, 6.45) is 0. The first-order valence-electron chi connectivity index (χ1n) is 8.08. The van der Waals surface area contributed by atoms with Gasteiger partial charge in [-0.25, -0.2) is 10.0 Å². The van der Waals surface area contributed by atoms with Gasteiger partial charge in [0, 0.05) is 5.75 Å². The van der Waals surface area contributed by atoms with Gasteiger partial charge in [-0.05, 0) is 36.8 Å². The fourth-order valence-corrected chi connectivity index (χ4v) is 3.35. The van der Waals surface area contributed by atoms with Crippen molar-refractivity contribution in [2.45, 2.75) is 6.92 Å². The highest BCUT2D eigenvalue weighted by Crippen LogP contribution is 2.25. The van der Waals surface area contributed by atoms with Crippen LogP contribution < -0.4 is 4.74 Å². The van der Waals surface area contributed by atoms with Crippen molar-refractivity contribution in [2.75, 3.05) is 26.0 Å². The van der Waals surface area contributed by atoms with Gasteiger partial charge in [-0.15, -0.1) is 0 Å². The Labute approximate surface area is 152 Å². The molecule has 0 spiro atoms. The summed E-state index contributed by atoms with van der Waals surface area (Å²) in [5, 5.41) is 16.6. The number of nitrogens with zero attached hydrogens (tertiary/aromatic N) is 3. The lowest BCUT2D eigenvalue weighted by molar-refractivity contribution is 0.254. The van der Waals surface area contributed by atoms with Gasteiger partial charge in [-0.2, -0.15) is 5.10 Å². The number of benzene rings is 2. The first kappa shape index (κ1) is 17.5. The molecule has 2 aromatic carbocycles. The van der Waals surface area contributed by atoms with E-state index in [1.807, 2.05) is 24.3 Å². The van der Waals surface area contributed by atoms with Crippen LogP contribution in [0.15, 0.2) is 58.6 Å². The molecule has 5 nitrogen and oxygen atoms in total. The van der Waals surface area contributed by atoms with Crippen LogP contribution in [0.5, 0.6) is 5.75 Å². The molecular formula is C19H21N3O2S. The van der Waals surface area contributed by atoms with Crippen LogP contribution in [-0.4, -0.2) is 47.0 Å². The Hall–Kier alpha value is -2.31. The molecule has 1 N–H and O–H groups in total. The van der Waals surface area contributed by atoms with E-state index in [-0.39, 0.29) is 6.61 Å². The second-order valence-corrected chi connectivity index (χ2v) is 6.58. The van der Waals surface area contributed by atoms with Crippen molar-refractivity contribution in [1.82, 2.24) is 5.01 Å². The average Bonchev–Trinajstić information content (AvgIpc) is 2.65. The molecule has 1 heterocycles. The fourth-order valence-electron chi connectivity index (χ4n) is 2.41. The lowest BCUT2D eigenvalue weighted by Crippen LogP contribution is -2.33. The highest BCUT2D eigenvalue weighted by molar-refractivity contribution is 8.14. The molecule has 0 aliphatic carbocycles. The Morgan fingerprint density at radius 2 is 1.88 bits per heavy atom. The van der Waals surface area contributed by atoms with E-state index in [2.05, 4.69) is 36.2 Å².